The summed E-state index contributed by atoms with van der Waals surface area (Å²) in [5.74, 6) is 0. The van der Waals surface area contributed by atoms with Crippen molar-refractivity contribution in [1.29, 1.82) is 0 Å². The third kappa shape index (κ3) is 6.33. The summed E-state index contributed by atoms with van der Waals surface area (Å²) < 4.78 is 46.3. The number of rotatable bonds is 3. The number of furan rings is 1. The van der Waals surface area contributed by atoms with Gasteiger partial charge in [0.25, 0.3) is 0 Å². The maximum Gasteiger partial charge on any atom is 0.147 e. The summed E-state index contributed by atoms with van der Waals surface area (Å²) in [5.41, 5.74) is 4.82. The third-order valence-electron chi connectivity index (χ3n) is 6.43. The van der Waals surface area contributed by atoms with Crippen molar-refractivity contribution in [2.24, 2.45) is 5.41 Å². The average molecular weight is 731 g/mol. The molecule has 7 rings (SSSR count). The second-order valence-electron chi connectivity index (χ2n) is 10.7. The van der Waals surface area contributed by atoms with Crippen molar-refractivity contribution in [1.82, 2.24) is 15.0 Å². The minimum absolute atomic E-state index is 0. The molecule has 0 N–H and O–H groups in total. The Morgan fingerprint density at radius 2 is 1.64 bits per heavy atom. The molecule has 42 heavy (non-hydrogen) atoms. The molecule has 0 aliphatic rings. The van der Waals surface area contributed by atoms with E-state index >= 15 is 0 Å². The van der Waals surface area contributed by atoms with Crippen LogP contribution in [-0.4, -0.2) is 15.0 Å². The SMILES string of the molecule is [2H]C([2H])([2H])c1ccc(-c2[c-]ccc3c2oc2c3ccc3ccc(C([2H])([2H])C(C)(C)C)nc32)nc1.[Ir].[c-]1ccccc1-c1ccccn1. The van der Waals surface area contributed by atoms with Gasteiger partial charge in [0.1, 0.15) is 11.1 Å². The van der Waals surface area contributed by atoms with Gasteiger partial charge in [0, 0.05) is 55.8 Å². The summed E-state index contributed by atoms with van der Waals surface area (Å²) in [6, 6.07) is 34.4. The molecule has 3 aromatic carbocycles. The van der Waals surface area contributed by atoms with Crippen LogP contribution in [0.15, 0.2) is 108 Å². The van der Waals surface area contributed by atoms with Crippen LogP contribution in [0.4, 0.5) is 0 Å². The van der Waals surface area contributed by atoms with Gasteiger partial charge in [0.15, 0.2) is 0 Å². The van der Waals surface area contributed by atoms with Crippen molar-refractivity contribution in [3.05, 3.63) is 127 Å². The van der Waals surface area contributed by atoms with Crippen LogP contribution in [0.2, 0.25) is 0 Å². The molecular weight excluding hydrogens is 695 g/mol. The van der Waals surface area contributed by atoms with Gasteiger partial charge in [-0.15, -0.1) is 54.1 Å². The van der Waals surface area contributed by atoms with E-state index in [1.807, 2.05) is 87.5 Å². The smallest absolute Gasteiger partial charge is 0.147 e. The first-order chi connectivity index (χ1) is 21.8. The Morgan fingerprint density at radius 1 is 0.810 bits per heavy atom. The number of fused-ring (bicyclic) bond motifs is 5. The molecule has 1 radical (unpaired) electrons. The van der Waals surface area contributed by atoms with Crippen LogP contribution in [0.1, 0.15) is 38.9 Å². The van der Waals surface area contributed by atoms with E-state index in [4.69, 9.17) is 16.3 Å². The van der Waals surface area contributed by atoms with E-state index in [9.17, 15) is 0 Å². The number of aromatic nitrogens is 3. The van der Waals surface area contributed by atoms with Crippen LogP contribution < -0.4 is 0 Å². The first kappa shape index (κ1) is 23.4. The van der Waals surface area contributed by atoms with Crippen LogP contribution in [0.5, 0.6) is 0 Å². The second-order valence-corrected chi connectivity index (χ2v) is 10.7. The Morgan fingerprint density at radius 3 is 2.36 bits per heavy atom. The van der Waals surface area contributed by atoms with E-state index < -0.39 is 18.6 Å². The fraction of sp³-hybridized carbons (Fsp3) is 0.162. The summed E-state index contributed by atoms with van der Waals surface area (Å²) in [6.07, 6.45) is 1.51. The zero-order chi connectivity index (χ0) is 32.7. The number of pyridine rings is 3. The molecule has 4 aromatic heterocycles. The molecule has 5 heteroatoms. The van der Waals surface area contributed by atoms with E-state index in [2.05, 4.69) is 22.1 Å². The minimum Gasteiger partial charge on any atom is -0.498 e. The number of hydrogen-bond donors (Lipinski definition) is 0. The van der Waals surface area contributed by atoms with Crippen molar-refractivity contribution < 1.29 is 31.4 Å². The fourth-order valence-electron chi connectivity index (χ4n) is 4.64. The van der Waals surface area contributed by atoms with Crippen molar-refractivity contribution >= 4 is 32.8 Å². The largest absolute Gasteiger partial charge is 0.498 e. The van der Waals surface area contributed by atoms with Crippen molar-refractivity contribution in [2.45, 2.75) is 34.0 Å². The second kappa shape index (κ2) is 12.4. The molecule has 0 saturated heterocycles. The summed E-state index contributed by atoms with van der Waals surface area (Å²) in [6.45, 7) is 3.34. The van der Waals surface area contributed by atoms with Gasteiger partial charge in [-0.25, -0.2) is 4.98 Å². The molecule has 0 saturated carbocycles. The molecule has 0 fully saturated rings. The van der Waals surface area contributed by atoms with Gasteiger partial charge in [0.05, 0.1) is 5.58 Å². The molecule has 4 heterocycles. The van der Waals surface area contributed by atoms with E-state index in [1.54, 1.807) is 30.5 Å². The Bertz CT molecular complexity index is 2100. The molecule has 0 atom stereocenters. The van der Waals surface area contributed by atoms with E-state index in [0.29, 0.717) is 33.6 Å². The summed E-state index contributed by atoms with van der Waals surface area (Å²) >= 11 is 0. The molecule has 7 aromatic rings. The minimum atomic E-state index is -2.22. The molecule has 211 valence electrons. The zero-order valence-electron chi connectivity index (χ0n) is 28.4. The Kier molecular flexibility index (Phi) is 6.88. The quantitative estimate of drug-likeness (QED) is 0.170. The van der Waals surface area contributed by atoms with Gasteiger partial charge >= 0.3 is 0 Å². The van der Waals surface area contributed by atoms with Crippen LogP contribution in [0, 0.1) is 24.4 Å². The van der Waals surface area contributed by atoms with Gasteiger partial charge in [-0.2, -0.15) is 0 Å². The van der Waals surface area contributed by atoms with Crippen molar-refractivity contribution in [3.8, 4) is 22.5 Å². The maximum absolute atomic E-state index is 8.64. The molecule has 0 bridgehead atoms. The van der Waals surface area contributed by atoms with Crippen LogP contribution in [0.3, 0.4) is 0 Å². The van der Waals surface area contributed by atoms with Crippen LogP contribution >= 0.6 is 0 Å². The molecule has 0 amide bonds. The van der Waals surface area contributed by atoms with Crippen LogP contribution in [-0.2, 0) is 26.5 Å². The van der Waals surface area contributed by atoms with Gasteiger partial charge in [-0.1, -0.05) is 74.2 Å². The first-order valence-electron chi connectivity index (χ1n) is 15.9. The summed E-state index contributed by atoms with van der Waals surface area (Å²) in [4.78, 5) is 13.3. The standard InChI is InChI=1S/C26H23N2O.C11H8N.Ir/c1-16-8-13-22(27-15-16)21-7-5-6-19-20-12-10-17-9-11-18(14-26(2,3)4)28-23(17)25(20)29-24(19)21;1-2-6-10(7-3-1)11-8-4-5-9-12-11;/h5-6,8-13,15H,14H2,1-4H3;1-6,8-9H;/q2*-1;/i1D3,14D2;;. The predicted octanol–water partition coefficient (Wildman–Crippen LogP) is 9.44. The predicted molar refractivity (Wildman–Crippen MR) is 167 cm³/mol. The first-order valence-corrected chi connectivity index (χ1v) is 13.4. The van der Waals surface area contributed by atoms with Gasteiger partial charge < -0.3 is 14.4 Å². The normalized spacial score (nSPS) is 13.6. The Hall–Kier alpha value is -4.18. The third-order valence-corrected chi connectivity index (χ3v) is 6.43. The molecule has 4 nitrogen and oxygen atoms in total. The van der Waals surface area contributed by atoms with Gasteiger partial charge in [0.2, 0.25) is 0 Å². The number of nitrogens with zero attached hydrogens (tertiary/aromatic N) is 3. The fourth-order valence-corrected chi connectivity index (χ4v) is 4.64. The number of hydrogen-bond acceptors (Lipinski definition) is 4. The van der Waals surface area contributed by atoms with E-state index in [0.717, 1.165) is 27.4 Å². The molecular formula is C37H31IrN3O-2. The number of benzene rings is 3. The topological polar surface area (TPSA) is 51.8 Å². The molecule has 0 aliphatic heterocycles. The van der Waals surface area contributed by atoms with Gasteiger partial charge in [-0.3, -0.25) is 0 Å². The monoisotopic (exact) mass is 731 g/mol. The van der Waals surface area contributed by atoms with E-state index in [-0.39, 0.29) is 25.7 Å². The average Bonchev–Trinajstić information content (AvgIpc) is 3.44. The summed E-state index contributed by atoms with van der Waals surface area (Å²) in [5, 5.41) is 2.57. The zero-order valence-corrected chi connectivity index (χ0v) is 25.8. The van der Waals surface area contributed by atoms with E-state index in [1.165, 1.54) is 6.20 Å². The Labute approximate surface area is 267 Å². The van der Waals surface area contributed by atoms with Gasteiger partial charge in [-0.05, 0) is 47.7 Å². The van der Waals surface area contributed by atoms with Crippen molar-refractivity contribution in [2.75, 3.05) is 0 Å². The maximum atomic E-state index is 8.64. The Balaban J connectivity index is 0.000000280. The van der Waals surface area contributed by atoms with Crippen molar-refractivity contribution in [3.63, 3.8) is 0 Å². The van der Waals surface area contributed by atoms with Crippen LogP contribution in [0.25, 0.3) is 55.4 Å². The molecule has 0 spiro atoms. The molecule has 0 unspecified atom stereocenters. The summed E-state index contributed by atoms with van der Waals surface area (Å²) in [7, 11) is 0. The molecule has 0 aliphatic carbocycles. The number of aryl methyl sites for hydroxylation is 1.